The Labute approximate surface area is 117 Å². The van der Waals surface area contributed by atoms with Crippen molar-refractivity contribution in [1.82, 2.24) is 4.98 Å². The van der Waals surface area contributed by atoms with Gasteiger partial charge in [0.2, 0.25) is 0 Å². The molecular weight excluding hydrogens is 296 g/mol. The van der Waals surface area contributed by atoms with E-state index >= 15 is 0 Å². The van der Waals surface area contributed by atoms with Crippen molar-refractivity contribution in [2.24, 2.45) is 0 Å². The van der Waals surface area contributed by atoms with Crippen molar-refractivity contribution in [2.75, 3.05) is 0 Å². The van der Waals surface area contributed by atoms with E-state index in [1.807, 2.05) is 0 Å². The molecule has 0 aliphatic carbocycles. The highest BCUT2D eigenvalue weighted by molar-refractivity contribution is 6.73. The molecule has 0 radical (unpaired) electrons. The Bertz CT molecular complexity index is 600. The van der Waals surface area contributed by atoms with E-state index in [4.69, 9.17) is 16.3 Å². The minimum absolute atomic E-state index is 0.0806. The van der Waals surface area contributed by atoms with Gasteiger partial charge >= 0.3 is 6.98 Å². The van der Waals surface area contributed by atoms with Crippen LogP contribution in [0.25, 0.3) is 0 Å². The Morgan fingerprint density at radius 2 is 1.95 bits per heavy atom. The lowest BCUT2D eigenvalue weighted by atomic mass is 9.81. The summed E-state index contributed by atoms with van der Waals surface area (Å²) in [6, 6.07) is 4.91. The third-order valence-corrected chi connectivity index (χ3v) is 2.91. The van der Waals surface area contributed by atoms with Crippen molar-refractivity contribution in [2.45, 2.75) is 6.61 Å². The van der Waals surface area contributed by atoms with Gasteiger partial charge in [-0.2, -0.15) is 0 Å². The quantitative estimate of drug-likeness (QED) is 0.637. The summed E-state index contributed by atoms with van der Waals surface area (Å²) in [6.07, 6.45) is 1.84. The maximum atomic E-state index is 13.5. The van der Waals surface area contributed by atoms with Crippen LogP contribution in [0.2, 0.25) is 5.02 Å². The average molecular weight is 304 g/mol. The fraction of sp³-hybridized carbons (Fsp3) is 0.0833. The van der Waals surface area contributed by atoms with Gasteiger partial charge in [0, 0.05) is 11.8 Å². The first-order valence-electron chi connectivity index (χ1n) is 5.58. The van der Waals surface area contributed by atoms with E-state index in [-0.39, 0.29) is 22.9 Å². The Balaban J connectivity index is 2.16. The van der Waals surface area contributed by atoms with Gasteiger partial charge in [-0.05, 0) is 18.2 Å². The van der Waals surface area contributed by atoms with Crippen LogP contribution in [0.3, 0.4) is 0 Å². The van der Waals surface area contributed by atoms with E-state index in [9.17, 15) is 17.3 Å². The van der Waals surface area contributed by atoms with Gasteiger partial charge in [-0.3, -0.25) is 4.98 Å². The Hall–Kier alpha value is -1.76. The van der Waals surface area contributed by atoms with Crippen LogP contribution in [0.1, 0.15) is 5.56 Å². The van der Waals surface area contributed by atoms with E-state index in [0.29, 0.717) is 6.20 Å². The van der Waals surface area contributed by atoms with E-state index < -0.39 is 18.3 Å². The number of nitrogens with zero attached hydrogens (tertiary/aromatic N) is 1. The molecule has 2 aromatic rings. The first-order valence-corrected chi connectivity index (χ1v) is 5.96. The number of hydrogen-bond acceptors (Lipinski definition) is 2. The minimum Gasteiger partial charge on any atom is -0.487 e. The van der Waals surface area contributed by atoms with Crippen LogP contribution in [0, 0.1) is 5.82 Å². The zero-order chi connectivity index (χ0) is 14.8. The number of halogens is 5. The molecule has 0 aliphatic rings. The lowest BCUT2D eigenvalue weighted by Crippen LogP contribution is -2.34. The maximum absolute atomic E-state index is 13.5. The summed E-state index contributed by atoms with van der Waals surface area (Å²) in [5.41, 5.74) is -0.792. The van der Waals surface area contributed by atoms with Crippen molar-refractivity contribution < 1.29 is 22.1 Å². The molecule has 0 saturated heterocycles. The molecule has 1 heterocycles. The molecule has 0 atom stereocenters. The summed E-state index contributed by atoms with van der Waals surface area (Å²) in [6.45, 7) is -5.43. The summed E-state index contributed by atoms with van der Waals surface area (Å²) >= 11 is 5.79. The van der Waals surface area contributed by atoms with Crippen LogP contribution < -0.4 is 10.2 Å². The SMILES string of the molecule is Fc1cccc(Cl)c1COc1cncc([B-](F)(F)F)c1. The molecule has 0 saturated carbocycles. The van der Waals surface area contributed by atoms with Gasteiger partial charge in [-0.15, -0.1) is 0 Å². The second kappa shape index (κ2) is 5.70. The number of rotatable bonds is 4. The molecule has 106 valence electrons. The molecule has 0 spiro atoms. The topological polar surface area (TPSA) is 22.1 Å². The number of aromatic nitrogens is 1. The fourth-order valence-corrected chi connectivity index (χ4v) is 1.74. The van der Waals surface area contributed by atoms with Crippen LogP contribution in [-0.2, 0) is 6.61 Å². The van der Waals surface area contributed by atoms with Crippen LogP contribution in [0.5, 0.6) is 5.75 Å². The Kier molecular flexibility index (Phi) is 4.18. The monoisotopic (exact) mass is 304 g/mol. The number of pyridine rings is 1. The smallest absolute Gasteiger partial charge is 0.487 e. The van der Waals surface area contributed by atoms with E-state index in [2.05, 4.69) is 4.98 Å². The predicted molar refractivity (Wildman–Crippen MR) is 68.7 cm³/mol. The van der Waals surface area contributed by atoms with Gasteiger partial charge < -0.3 is 17.7 Å². The highest BCUT2D eigenvalue weighted by Gasteiger charge is 2.26. The molecule has 0 unspecified atom stereocenters. The number of benzene rings is 1. The largest absolute Gasteiger partial charge is 0.511 e. The minimum atomic E-state index is -5.15. The van der Waals surface area contributed by atoms with Crippen LogP contribution in [0.4, 0.5) is 17.3 Å². The van der Waals surface area contributed by atoms with Gasteiger partial charge in [-0.1, -0.05) is 23.1 Å². The summed E-state index contributed by atoms with van der Waals surface area (Å²) < 4.78 is 56.2. The zero-order valence-electron chi connectivity index (χ0n) is 9.99. The first-order chi connectivity index (χ1) is 9.38. The van der Waals surface area contributed by atoms with E-state index in [1.165, 1.54) is 18.2 Å². The highest BCUT2D eigenvalue weighted by atomic mass is 35.5. The lowest BCUT2D eigenvalue weighted by molar-refractivity contribution is 0.299. The summed E-state index contributed by atoms with van der Waals surface area (Å²) in [4.78, 5) is 3.45. The van der Waals surface area contributed by atoms with Crippen molar-refractivity contribution >= 4 is 24.0 Å². The molecule has 1 aromatic heterocycles. The molecule has 0 amide bonds. The van der Waals surface area contributed by atoms with Crippen molar-refractivity contribution in [3.8, 4) is 5.75 Å². The molecule has 1 aromatic carbocycles. The molecule has 0 N–H and O–H groups in total. The molecule has 0 bridgehead atoms. The van der Waals surface area contributed by atoms with Crippen molar-refractivity contribution in [3.63, 3.8) is 0 Å². The van der Waals surface area contributed by atoms with E-state index in [1.54, 1.807) is 0 Å². The third-order valence-electron chi connectivity index (χ3n) is 2.56. The Morgan fingerprint density at radius 3 is 2.60 bits per heavy atom. The normalized spacial score (nSPS) is 11.4. The van der Waals surface area contributed by atoms with Crippen LogP contribution >= 0.6 is 11.6 Å². The predicted octanol–water partition coefficient (Wildman–Crippen LogP) is 3.51. The van der Waals surface area contributed by atoms with Gasteiger partial charge in [0.25, 0.3) is 0 Å². The summed E-state index contributed by atoms with van der Waals surface area (Å²) in [5, 5.41) is 0.147. The molecule has 20 heavy (non-hydrogen) atoms. The standard InChI is InChI=1S/C12H8BClF4NO/c14-11-2-1-3-12(15)10(11)7-20-9-4-8(5-19-6-9)13(16,17)18/h1-6H,7H2/q-1. The van der Waals surface area contributed by atoms with Crippen LogP contribution in [0.15, 0.2) is 36.7 Å². The molecule has 8 heteroatoms. The van der Waals surface area contributed by atoms with Gasteiger partial charge in [-0.25, -0.2) is 4.39 Å². The summed E-state index contributed by atoms with van der Waals surface area (Å²) in [7, 11) is 0. The van der Waals surface area contributed by atoms with Gasteiger partial charge in [0.05, 0.1) is 11.2 Å². The molecular formula is C12H8BClF4NO-. The lowest BCUT2D eigenvalue weighted by Gasteiger charge is -2.15. The first kappa shape index (κ1) is 14.6. The average Bonchev–Trinajstić information content (AvgIpc) is 2.37. The van der Waals surface area contributed by atoms with Crippen LogP contribution in [-0.4, -0.2) is 12.0 Å². The molecule has 0 aliphatic heterocycles. The van der Waals surface area contributed by atoms with Gasteiger partial charge in [0.1, 0.15) is 18.2 Å². The number of hydrogen-bond donors (Lipinski definition) is 0. The Morgan fingerprint density at radius 1 is 1.20 bits per heavy atom. The molecule has 0 fully saturated rings. The summed E-state index contributed by atoms with van der Waals surface area (Å²) in [5.74, 6) is -0.678. The highest BCUT2D eigenvalue weighted by Crippen LogP contribution is 2.21. The molecule has 2 rings (SSSR count). The van der Waals surface area contributed by atoms with Crippen molar-refractivity contribution in [1.29, 1.82) is 0 Å². The molecule has 2 nitrogen and oxygen atoms in total. The van der Waals surface area contributed by atoms with Gasteiger partial charge in [0.15, 0.2) is 0 Å². The fourth-order valence-electron chi connectivity index (χ4n) is 1.52. The second-order valence-electron chi connectivity index (χ2n) is 4.02. The second-order valence-corrected chi connectivity index (χ2v) is 4.42. The maximum Gasteiger partial charge on any atom is 0.511 e. The van der Waals surface area contributed by atoms with E-state index in [0.717, 1.165) is 12.3 Å². The van der Waals surface area contributed by atoms with Crippen molar-refractivity contribution in [3.05, 3.63) is 53.1 Å². The third kappa shape index (κ3) is 3.42. The number of ether oxygens (including phenoxy) is 1. The zero-order valence-corrected chi connectivity index (χ0v) is 10.7.